The summed E-state index contributed by atoms with van der Waals surface area (Å²) in [6, 6.07) is 6.06. The number of benzene rings is 1. The van der Waals surface area contributed by atoms with Crippen LogP contribution < -0.4 is 5.32 Å². The maximum Gasteiger partial charge on any atom is 0.317 e. The number of nitrogens with one attached hydrogen (secondary N) is 1. The standard InChI is InChI=1S/C20H26FN3O2/c1-2-11-24-18(25)8-4-9-20(24)10-5-12-23(15-20)19(26)22-14-16-6-3-7-17(21)13-16/h2-3,6-7,13H,1,4-5,8-12,14-15H2,(H,22,26). The van der Waals surface area contributed by atoms with Gasteiger partial charge in [0.2, 0.25) is 5.91 Å². The molecule has 6 heteroatoms. The van der Waals surface area contributed by atoms with E-state index in [9.17, 15) is 14.0 Å². The van der Waals surface area contributed by atoms with E-state index < -0.39 is 0 Å². The van der Waals surface area contributed by atoms with Gasteiger partial charge in [-0.05, 0) is 43.4 Å². The smallest absolute Gasteiger partial charge is 0.317 e. The van der Waals surface area contributed by atoms with E-state index in [1.165, 1.54) is 12.1 Å². The summed E-state index contributed by atoms with van der Waals surface area (Å²) in [5.41, 5.74) is 0.448. The van der Waals surface area contributed by atoms with E-state index >= 15 is 0 Å². The molecule has 5 nitrogen and oxygen atoms in total. The molecule has 1 N–H and O–H groups in total. The number of piperidine rings is 2. The number of rotatable bonds is 4. The summed E-state index contributed by atoms with van der Waals surface area (Å²) >= 11 is 0. The zero-order chi connectivity index (χ0) is 18.6. The first kappa shape index (κ1) is 18.4. The van der Waals surface area contributed by atoms with E-state index in [1.807, 2.05) is 4.90 Å². The van der Waals surface area contributed by atoms with Crippen LogP contribution in [0.5, 0.6) is 0 Å². The Balaban J connectivity index is 1.66. The molecule has 3 amide bonds. The average Bonchev–Trinajstić information content (AvgIpc) is 2.63. The fourth-order valence-corrected chi connectivity index (χ4v) is 4.17. The molecule has 1 atom stereocenters. The highest BCUT2D eigenvalue weighted by Gasteiger charge is 2.45. The van der Waals surface area contributed by atoms with E-state index in [4.69, 9.17) is 0 Å². The molecule has 2 heterocycles. The molecule has 2 fully saturated rings. The number of hydrogen-bond donors (Lipinski definition) is 1. The van der Waals surface area contributed by atoms with Gasteiger partial charge in [-0.15, -0.1) is 6.58 Å². The molecule has 0 saturated carbocycles. The summed E-state index contributed by atoms with van der Waals surface area (Å²) in [5.74, 6) is -0.160. The largest absolute Gasteiger partial charge is 0.334 e. The fourth-order valence-electron chi connectivity index (χ4n) is 4.17. The highest BCUT2D eigenvalue weighted by atomic mass is 19.1. The van der Waals surface area contributed by atoms with Crippen LogP contribution in [0.1, 0.15) is 37.7 Å². The van der Waals surface area contributed by atoms with E-state index in [-0.39, 0.29) is 29.8 Å². The second-order valence-electron chi connectivity index (χ2n) is 7.18. The molecule has 0 radical (unpaired) electrons. The third-order valence-corrected chi connectivity index (χ3v) is 5.39. The first-order chi connectivity index (χ1) is 12.5. The van der Waals surface area contributed by atoms with Crippen LogP contribution in [0.15, 0.2) is 36.9 Å². The zero-order valence-corrected chi connectivity index (χ0v) is 15.0. The Morgan fingerprint density at radius 1 is 1.35 bits per heavy atom. The highest BCUT2D eigenvalue weighted by molar-refractivity contribution is 5.79. The molecule has 0 bridgehead atoms. The summed E-state index contributed by atoms with van der Waals surface area (Å²) < 4.78 is 13.3. The normalized spacial score (nSPS) is 23.2. The zero-order valence-electron chi connectivity index (χ0n) is 15.0. The van der Waals surface area contributed by atoms with Gasteiger partial charge in [0.15, 0.2) is 0 Å². The summed E-state index contributed by atoms with van der Waals surface area (Å²) in [5, 5.41) is 2.87. The number of urea groups is 1. The van der Waals surface area contributed by atoms with Crippen LogP contribution in [-0.4, -0.2) is 46.9 Å². The topological polar surface area (TPSA) is 52.7 Å². The molecular formula is C20H26FN3O2. The van der Waals surface area contributed by atoms with Gasteiger partial charge in [0, 0.05) is 32.6 Å². The van der Waals surface area contributed by atoms with Gasteiger partial charge in [0.1, 0.15) is 5.82 Å². The molecule has 3 rings (SSSR count). The van der Waals surface area contributed by atoms with Gasteiger partial charge in [-0.3, -0.25) is 4.79 Å². The Labute approximate surface area is 153 Å². The van der Waals surface area contributed by atoms with Crippen molar-refractivity contribution in [2.24, 2.45) is 0 Å². The molecule has 1 aromatic rings. The number of carbonyl (C=O) groups is 2. The van der Waals surface area contributed by atoms with Crippen molar-refractivity contribution >= 4 is 11.9 Å². The molecule has 26 heavy (non-hydrogen) atoms. The molecular weight excluding hydrogens is 333 g/mol. The number of likely N-dealkylation sites (tertiary alicyclic amines) is 2. The van der Waals surface area contributed by atoms with Crippen molar-refractivity contribution < 1.29 is 14.0 Å². The van der Waals surface area contributed by atoms with Crippen molar-refractivity contribution in [3.8, 4) is 0 Å². The van der Waals surface area contributed by atoms with Gasteiger partial charge in [-0.25, -0.2) is 9.18 Å². The van der Waals surface area contributed by atoms with Crippen molar-refractivity contribution in [3.63, 3.8) is 0 Å². The van der Waals surface area contributed by atoms with Gasteiger partial charge in [-0.2, -0.15) is 0 Å². The molecule has 1 spiro atoms. The van der Waals surface area contributed by atoms with Gasteiger partial charge in [0.25, 0.3) is 0 Å². The number of halogens is 1. The van der Waals surface area contributed by atoms with Gasteiger partial charge in [-0.1, -0.05) is 18.2 Å². The lowest BCUT2D eigenvalue weighted by Crippen LogP contribution is -2.63. The van der Waals surface area contributed by atoms with Crippen LogP contribution in [0, 0.1) is 5.82 Å². The lowest BCUT2D eigenvalue weighted by atomic mass is 9.79. The second-order valence-corrected chi connectivity index (χ2v) is 7.18. The molecule has 2 aliphatic rings. The van der Waals surface area contributed by atoms with Crippen LogP contribution in [-0.2, 0) is 11.3 Å². The predicted molar refractivity (Wildman–Crippen MR) is 97.9 cm³/mol. The maximum atomic E-state index is 13.3. The van der Waals surface area contributed by atoms with Crippen molar-refractivity contribution in [1.29, 1.82) is 0 Å². The Morgan fingerprint density at radius 2 is 2.15 bits per heavy atom. The predicted octanol–water partition coefficient (Wildman–Crippen LogP) is 3.07. The fraction of sp³-hybridized carbons (Fsp3) is 0.500. The molecule has 2 aliphatic heterocycles. The molecule has 1 aromatic carbocycles. The lowest BCUT2D eigenvalue weighted by Gasteiger charge is -2.51. The average molecular weight is 359 g/mol. The van der Waals surface area contributed by atoms with E-state index in [1.54, 1.807) is 23.1 Å². The Kier molecular flexibility index (Phi) is 5.59. The van der Waals surface area contributed by atoms with E-state index in [0.29, 0.717) is 26.1 Å². The molecule has 1 unspecified atom stereocenters. The summed E-state index contributed by atoms with van der Waals surface area (Å²) in [6.07, 6.45) is 5.90. The molecule has 0 aliphatic carbocycles. The maximum absolute atomic E-state index is 13.3. The van der Waals surface area contributed by atoms with Crippen LogP contribution in [0.4, 0.5) is 9.18 Å². The summed E-state index contributed by atoms with van der Waals surface area (Å²) in [7, 11) is 0. The third-order valence-electron chi connectivity index (χ3n) is 5.39. The van der Waals surface area contributed by atoms with Crippen LogP contribution >= 0.6 is 0 Å². The van der Waals surface area contributed by atoms with Crippen LogP contribution in [0.25, 0.3) is 0 Å². The second kappa shape index (κ2) is 7.89. The van der Waals surface area contributed by atoms with Crippen molar-refractivity contribution in [1.82, 2.24) is 15.1 Å². The van der Waals surface area contributed by atoms with Crippen molar-refractivity contribution in [3.05, 3.63) is 48.3 Å². The monoisotopic (exact) mass is 359 g/mol. The number of nitrogens with zero attached hydrogens (tertiary/aromatic N) is 2. The molecule has 0 aromatic heterocycles. The van der Waals surface area contributed by atoms with Crippen molar-refractivity contribution in [2.45, 2.75) is 44.2 Å². The highest BCUT2D eigenvalue weighted by Crippen LogP contribution is 2.36. The summed E-state index contributed by atoms with van der Waals surface area (Å²) in [4.78, 5) is 28.7. The first-order valence-electron chi connectivity index (χ1n) is 9.23. The number of carbonyl (C=O) groups excluding carboxylic acids is 2. The summed E-state index contributed by atoms with van der Waals surface area (Å²) in [6.45, 7) is 5.80. The van der Waals surface area contributed by atoms with Gasteiger partial charge < -0.3 is 15.1 Å². The van der Waals surface area contributed by atoms with E-state index in [0.717, 1.165) is 31.2 Å². The van der Waals surface area contributed by atoms with Crippen LogP contribution in [0.2, 0.25) is 0 Å². The number of amides is 3. The Morgan fingerprint density at radius 3 is 2.92 bits per heavy atom. The quantitative estimate of drug-likeness (QED) is 0.840. The Bertz CT molecular complexity index is 689. The van der Waals surface area contributed by atoms with E-state index in [2.05, 4.69) is 11.9 Å². The van der Waals surface area contributed by atoms with Crippen LogP contribution in [0.3, 0.4) is 0 Å². The minimum absolute atomic E-state index is 0.151. The van der Waals surface area contributed by atoms with Crippen molar-refractivity contribution in [2.75, 3.05) is 19.6 Å². The first-order valence-corrected chi connectivity index (χ1v) is 9.23. The Hall–Kier alpha value is -2.37. The van der Waals surface area contributed by atoms with Gasteiger partial charge in [0.05, 0.1) is 5.54 Å². The third kappa shape index (κ3) is 3.89. The minimum atomic E-state index is -0.311. The molecule has 140 valence electrons. The number of hydrogen-bond acceptors (Lipinski definition) is 2. The SMILES string of the molecule is C=CCN1C(=O)CCCC12CCCN(C(=O)NCc1cccc(F)c1)C2. The van der Waals surface area contributed by atoms with Gasteiger partial charge >= 0.3 is 6.03 Å². The minimum Gasteiger partial charge on any atom is -0.334 e. The lowest BCUT2D eigenvalue weighted by molar-refractivity contribution is -0.143. The molecule has 2 saturated heterocycles.